The van der Waals surface area contributed by atoms with E-state index in [1.165, 1.54) is 19.3 Å². The van der Waals surface area contributed by atoms with E-state index in [4.69, 9.17) is 0 Å². The Hall–Kier alpha value is -2.36. The van der Waals surface area contributed by atoms with Crippen molar-refractivity contribution < 1.29 is 4.79 Å². The number of piperidine rings is 1. The molecule has 1 fully saturated rings. The average Bonchev–Trinajstić information content (AvgIpc) is 2.67. The highest BCUT2D eigenvalue weighted by Gasteiger charge is 2.17. The van der Waals surface area contributed by atoms with Crippen molar-refractivity contribution in [2.24, 2.45) is 0 Å². The smallest absolute Gasteiger partial charge is 0.272 e. The maximum atomic E-state index is 12.7. The Balaban J connectivity index is 1.68. The molecule has 0 saturated carbocycles. The summed E-state index contributed by atoms with van der Waals surface area (Å²) in [5.41, 5.74) is 2.78. The third-order valence-electron chi connectivity index (χ3n) is 4.57. The number of hydrogen-bond donors (Lipinski definition) is 0. The Bertz CT molecular complexity index is 648. The molecule has 0 unspecified atom stereocenters. The lowest BCUT2D eigenvalue weighted by Crippen LogP contribution is -2.31. The number of anilines is 1. The fourth-order valence-electron chi connectivity index (χ4n) is 3.14. The van der Waals surface area contributed by atoms with Gasteiger partial charge in [0.2, 0.25) is 0 Å². The van der Waals surface area contributed by atoms with Crippen LogP contribution in [0.5, 0.6) is 0 Å². The second-order valence-electron chi connectivity index (χ2n) is 6.25. The molecule has 3 rings (SSSR count). The standard InChI is InChI=1S/C20H25N3O/c1-2-22(16-17-9-5-3-6-10-17)20(24)19-12-11-18(15-21-19)23-13-7-4-8-14-23/h3,5-6,9-12,15H,2,4,7-8,13-14,16H2,1H3. The second-order valence-corrected chi connectivity index (χ2v) is 6.25. The van der Waals surface area contributed by atoms with Crippen LogP contribution < -0.4 is 4.90 Å². The van der Waals surface area contributed by atoms with Crippen molar-refractivity contribution in [1.82, 2.24) is 9.88 Å². The topological polar surface area (TPSA) is 36.4 Å². The number of carbonyl (C=O) groups excluding carboxylic acids is 1. The Morgan fingerprint density at radius 3 is 2.46 bits per heavy atom. The van der Waals surface area contributed by atoms with Crippen molar-refractivity contribution in [3.05, 3.63) is 59.9 Å². The molecular weight excluding hydrogens is 298 g/mol. The molecule has 4 heteroatoms. The first-order chi connectivity index (χ1) is 11.8. The number of benzene rings is 1. The van der Waals surface area contributed by atoms with Gasteiger partial charge < -0.3 is 9.80 Å². The molecule has 1 aromatic carbocycles. The highest BCUT2D eigenvalue weighted by Crippen LogP contribution is 2.19. The molecule has 4 nitrogen and oxygen atoms in total. The van der Waals surface area contributed by atoms with Crippen LogP contribution in [0.3, 0.4) is 0 Å². The summed E-state index contributed by atoms with van der Waals surface area (Å²) in [6.07, 6.45) is 5.63. The summed E-state index contributed by atoms with van der Waals surface area (Å²) < 4.78 is 0. The van der Waals surface area contributed by atoms with Crippen LogP contribution in [-0.4, -0.2) is 35.4 Å². The van der Waals surface area contributed by atoms with Crippen LogP contribution >= 0.6 is 0 Å². The minimum atomic E-state index is -0.00783. The summed E-state index contributed by atoms with van der Waals surface area (Å²) in [6.45, 7) is 5.46. The van der Waals surface area contributed by atoms with Crippen LogP contribution in [0.4, 0.5) is 5.69 Å². The van der Waals surface area contributed by atoms with Crippen molar-refractivity contribution in [2.45, 2.75) is 32.7 Å². The Kier molecular flexibility index (Phi) is 5.47. The molecule has 1 saturated heterocycles. The number of rotatable bonds is 5. The van der Waals surface area contributed by atoms with E-state index in [0.717, 1.165) is 24.3 Å². The SMILES string of the molecule is CCN(Cc1ccccc1)C(=O)c1ccc(N2CCCCC2)cn1. The maximum absolute atomic E-state index is 12.7. The van der Waals surface area contributed by atoms with Gasteiger partial charge in [-0.2, -0.15) is 0 Å². The molecule has 0 bridgehead atoms. The van der Waals surface area contributed by atoms with Gasteiger partial charge in [-0.3, -0.25) is 4.79 Å². The normalized spacial score (nSPS) is 14.5. The monoisotopic (exact) mass is 323 g/mol. The molecule has 1 aromatic heterocycles. The van der Waals surface area contributed by atoms with Crippen molar-refractivity contribution in [3.63, 3.8) is 0 Å². The molecule has 0 radical (unpaired) electrons. The molecule has 0 aliphatic carbocycles. The lowest BCUT2D eigenvalue weighted by Gasteiger charge is -2.28. The summed E-state index contributed by atoms with van der Waals surface area (Å²) in [7, 11) is 0. The zero-order chi connectivity index (χ0) is 16.8. The number of amides is 1. The van der Waals surface area contributed by atoms with E-state index in [9.17, 15) is 4.79 Å². The van der Waals surface area contributed by atoms with E-state index in [2.05, 4.69) is 9.88 Å². The van der Waals surface area contributed by atoms with E-state index < -0.39 is 0 Å². The number of nitrogens with zero attached hydrogens (tertiary/aromatic N) is 3. The van der Waals surface area contributed by atoms with E-state index >= 15 is 0 Å². The van der Waals surface area contributed by atoms with Crippen LogP contribution in [0, 0.1) is 0 Å². The molecule has 0 N–H and O–H groups in total. The number of pyridine rings is 1. The fourth-order valence-corrected chi connectivity index (χ4v) is 3.14. The highest BCUT2D eigenvalue weighted by atomic mass is 16.2. The Labute approximate surface area is 144 Å². The van der Waals surface area contributed by atoms with E-state index in [1.807, 2.05) is 60.5 Å². The first-order valence-corrected chi connectivity index (χ1v) is 8.82. The van der Waals surface area contributed by atoms with Crippen molar-refractivity contribution in [1.29, 1.82) is 0 Å². The molecular formula is C20H25N3O. The zero-order valence-electron chi connectivity index (χ0n) is 14.3. The molecule has 1 aliphatic rings. The lowest BCUT2D eigenvalue weighted by molar-refractivity contribution is 0.0746. The number of carbonyl (C=O) groups is 1. The van der Waals surface area contributed by atoms with Gasteiger partial charge in [0.15, 0.2) is 0 Å². The summed E-state index contributed by atoms with van der Waals surface area (Å²) in [5.74, 6) is -0.00783. The van der Waals surface area contributed by atoms with Crippen LogP contribution in [0.2, 0.25) is 0 Å². The van der Waals surface area contributed by atoms with Gasteiger partial charge in [0, 0.05) is 26.2 Å². The minimum absolute atomic E-state index is 0.00783. The molecule has 2 aromatic rings. The molecule has 1 amide bonds. The molecule has 126 valence electrons. The third kappa shape index (κ3) is 3.94. The van der Waals surface area contributed by atoms with Crippen molar-refractivity contribution >= 4 is 11.6 Å². The molecule has 1 aliphatic heterocycles. The predicted octanol–water partition coefficient (Wildman–Crippen LogP) is 3.73. The quantitative estimate of drug-likeness (QED) is 0.841. The van der Waals surface area contributed by atoms with Gasteiger partial charge in [0.25, 0.3) is 5.91 Å². The second kappa shape index (κ2) is 7.95. The van der Waals surface area contributed by atoms with Crippen molar-refractivity contribution in [3.8, 4) is 0 Å². The number of hydrogen-bond acceptors (Lipinski definition) is 3. The summed E-state index contributed by atoms with van der Waals surface area (Å²) in [4.78, 5) is 21.3. The van der Waals surface area contributed by atoms with Gasteiger partial charge in [-0.25, -0.2) is 4.98 Å². The first kappa shape index (κ1) is 16.5. The largest absolute Gasteiger partial charge is 0.370 e. The van der Waals surface area contributed by atoms with Gasteiger partial charge in [-0.05, 0) is 43.9 Å². The van der Waals surface area contributed by atoms with Gasteiger partial charge in [-0.15, -0.1) is 0 Å². The van der Waals surface area contributed by atoms with Crippen molar-refractivity contribution in [2.75, 3.05) is 24.5 Å². The molecule has 2 heterocycles. The predicted molar refractivity (Wildman–Crippen MR) is 97.2 cm³/mol. The van der Waals surface area contributed by atoms with Gasteiger partial charge >= 0.3 is 0 Å². The summed E-state index contributed by atoms with van der Waals surface area (Å²) in [5, 5.41) is 0. The maximum Gasteiger partial charge on any atom is 0.272 e. The highest BCUT2D eigenvalue weighted by molar-refractivity contribution is 5.92. The Morgan fingerprint density at radius 1 is 1.08 bits per heavy atom. The van der Waals surface area contributed by atoms with E-state index in [0.29, 0.717) is 18.8 Å². The van der Waals surface area contributed by atoms with Crippen LogP contribution in [0.15, 0.2) is 48.7 Å². The summed E-state index contributed by atoms with van der Waals surface area (Å²) in [6, 6.07) is 14.0. The molecule has 0 spiro atoms. The number of aromatic nitrogens is 1. The van der Waals surface area contributed by atoms with Gasteiger partial charge in [-0.1, -0.05) is 30.3 Å². The van der Waals surface area contributed by atoms with Crippen LogP contribution in [0.1, 0.15) is 42.2 Å². The third-order valence-corrected chi connectivity index (χ3v) is 4.57. The van der Waals surface area contributed by atoms with Crippen LogP contribution in [-0.2, 0) is 6.54 Å². The lowest BCUT2D eigenvalue weighted by atomic mass is 10.1. The van der Waals surface area contributed by atoms with E-state index in [-0.39, 0.29) is 5.91 Å². The van der Waals surface area contributed by atoms with Gasteiger partial charge in [0.1, 0.15) is 5.69 Å². The van der Waals surface area contributed by atoms with E-state index in [1.54, 1.807) is 0 Å². The van der Waals surface area contributed by atoms with Gasteiger partial charge in [0.05, 0.1) is 11.9 Å². The average molecular weight is 323 g/mol. The first-order valence-electron chi connectivity index (χ1n) is 8.82. The molecule has 24 heavy (non-hydrogen) atoms. The Morgan fingerprint density at radius 2 is 1.83 bits per heavy atom. The van der Waals surface area contributed by atoms with Crippen LogP contribution in [0.25, 0.3) is 0 Å². The fraction of sp³-hybridized carbons (Fsp3) is 0.400. The summed E-state index contributed by atoms with van der Waals surface area (Å²) >= 11 is 0. The minimum Gasteiger partial charge on any atom is -0.370 e. The molecule has 0 atom stereocenters. The zero-order valence-corrected chi connectivity index (χ0v) is 14.3.